The van der Waals surface area contributed by atoms with Gasteiger partial charge in [-0.3, -0.25) is 4.79 Å². The van der Waals surface area contributed by atoms with Gasteiger partial charge in [-0.2, -0.15) is 0 Å². The number of carboxylic acid groups (broad SMARTS) is 1. The molecule has 0 aromatic heterocycles. The van der Waals surface area contributed by atoms with Gasteiger partial charge in [0, 0.05) is 36.6 Å². The molecular weight excluding hydrogens is 427 g/mol. The Morgan fingerprint density at radius 2 is 1.73 bits per heavy atom. The molecule has 0 aliphatic rings. The highest BCUT2D eigenvalue weighted by Gasteiger charge is 2.22. The van der Waals surface area contributed by atoms with Gasteiger partial charge >= 0.3 is 12.1 Å². The number of hydrogen-bond donors (Lipinski definition) is 2. The summed E-state index contributed by atoms with van der Waals surface area (Å²) in [6, 6.07) is 5.38. The Morgan fingerprint density at radius 3 is 2.20 bits per heavy atom. The predicted molar refractivity (Wildman–Crippen MR) is 125 cm³/mol. The highest BCUT2D eigenvalue weighted by molar-refractivity contribution is 6.18. The molecule has 0 saturated heterocycles. The molecule has 0 heterocycles. The molecule has 0 fully saturated rings. The number of anilines is 1. The van der Waals surface area contributed by atoms with Crippen LogP contribution in [-0.2, 0) is 16.0 Å². The lowest BCUT2D eigenvalue weighted by molar-refractivity contribution is -0.137. The van der Waals surface area contributed by atoms with E-state index in [2.05, 4.69) is 10.2 Å². The lowest BCUT2D eigenvalue weighted by Crippen LogP contribution is -2.41. The lowest BCUT2D eigenvalue weighted by atomic mass is 9.98. The van der Waals surface area contributed by atoms with Crippen LogP contribution in [0.3, 0.4) is 0 Å². The van der Waals surface area contributed by atoms with Crippen LogP contribution in [0.25, 0.3) is 0 Å². The van der Waals surface area contributed by atoms with Crippen LogP contribution in [0.2, 0.25) is 0 Å². The first kappa shape index (κ1) is 28.3. The van der Waals surface area contributed by atoms with E-state index in [4.69, 9.17) is 27.9 Å². The van der Waals surface area contributed by atoms with Crippen molar-refractivity contribution in [3.63, 3.8) is 0 Å². The Morgan fingerprint density at radius 1 is 1.17 bits per heavy atom. The molecule has 1 rings (SSSR count). The summed E-state index contributed by atoms with van der Waals surface area (Å²) in [5.41, 5.74) is 2.28. The number of ether oxygens (including phenoxy) is 1. The average molecular weight is 463 g/mol. The fourth-order valence-electron chi connectivity index (χ4n) is 2.77. The minimum absolute atomic E-state index is 0.198. The van der Waals surface area contributed by atoms with Crippen LogP contribution in [0.5, 0.6) is 0 Å². The summed E-state index contributed by atoms with van der Waals surface area (Å²) in [6.07, 6.45) is -0.449. The predicted octanol–water partition coefficient (Wildman–Crippen LogP) is 5.22. The van der Waals surface area contributed by atoms with E-state index in [-0.39, 0.29) is 6.42 Å². The van der Waals surface area contributed by atoms with Crippen LogP contribution in [0.15, 0.2) is 18.2 Å². The Bertz CT molecular complexity index is 657. The second kappa shape index (κ2) is 14.4. The van der Waals surface area contributed by atoms with Crippen molar-refractivity contribution in [2.75, 3.05) is 29.7 Å². The summed E-state index contributed by atoms with van der Waals surface area (Å²) in [5.74, 6) is -0.0371. The second-order valence-corrected chi connectivity index (χ2v) is 8.38. The highest BCUT2D eigenvalue weighted by atomic mass is 35.5. The number of carbonyl (C=O) groups excluding carboxylic acids is 1. The largest absolute Gasteiger partial charge is 0.481 e. The van der Waals surface area contributed by atoms with Crippen molar-refractivity contribution in [2.24, 2.45) is 0 Å². The quantitative estimate of drug-likeness (QED) is 0.466. The maximum atomic E-state index is 12.1. The Kier molecular flexibility index (Phi) is 13.6. The number of aliphatic carboxylic acids is 1. The number of alkyl carbamates (subject to hydrolysis) is 1. The number of benzene rings is 1. The molecule has 0 saturated carbocycles. The van der Waals surface area contributed by atoms with Crippen molar-refractivity contribution in [3.8, 4) is 0 Å². The van der Waals surface area contributed by atoms with Crippen molar-refractivity contribution in [1.82, 2.24) is 5.32 Å². The van der Waals surface area contributed by atoms with E-state index >= 15 is 0 Å². The lowest BCUT2D eigenvalue weighted by Gasteiger charge is -2.26. The first-order valence-corrected chi connectivity index (χ1v) is 11.3. The van der Waals surface area contributed by atoms with E-state index in [1.165, 1.54) is 0 Å². The molecule has 0 bridgehead atoms. The van der Waals surface area contributed by atoms with Gasteiger partial charge in [-0.05, 0) is 57.4 Å². The molecule has 30 heavy (non-hydrogen) atoms. The van der Waals surface area contributed by atoms with Gasteiger partial charge in [0.1, 0.15) is 5.60 Å². The third kappa shape index (κ3) is 11.5. The summed E-state index contributed by atoms with van der Waals surface area (Å²) in [6.45, 7) is 12.5. The molecule has 8 heteroatoms. The van der Waals surface area contributed by atoms with Crippen molar-refractivity contribution in [1.29, 1.82) is 0 Å². The van der Waals surface area contributed by atoms with E-state index in [9.17, 15) is 14.7 Å². The number of amides is 1. The van der Waals surface area contributed by atoms with Gasteiger partial charge in [0.05, 0.1) is 6.42 Å². The highest BCUT2D eigenvalue weighted by Crippen LogP contribution is 2.22. The summed E-state index contributed by atoms with van der Waals surface area (Å²) in [7, 11) is 0. The number of alkyl halides is 2. The monoisotopic (exact) mass is 462 g/mol. The van der Waals surface area contributed by atoms with Crippen LogP contribution in [0.4, 0.5) is 10.5 Å². The molecule has 1 aromatic carbocycles. The Hall–Kier alpha value is -1.66. The summed E-state index contributed by atoms with van der Waals surface area (Å²) >= 11 is 11.8. The fraction of sp³-hybridized carbons (Fsp3) is 0.636. The topological polar surface area (TPSA) is 78.9 Å². The molecule has 0 radical (unpaired) electrons. The average Bonchev–Trinajstić information content (AvgIpc) is 2.63. The van der Waals surface area contributed by atoms with Gasteiger partial charge in [-0.15, -0.1) is 23.2 Å². The maximum absolute atomic E-state index is 12.1. The van der Waals surface area contributed by atoms with E-state index in [0.29, 0.717) is 31.3 Å². The smallest absolute Gasteiger partial charge is 0.407 e. The third-order valence-corrected chi connectivity index (χ3v) is 4.35. The van der Waals surface area contributed by atoms with Crippen LogP contribution in [0.1, 0.15) is 52.2 Å². The number of carbonyl (C=O) groups is 2. The number of nitrogens with one attached hydrogen (secondary N) is 1. The SMILES string of the molecule is CC.Cc1ccc(N(CCCl)CCCl)cc1CC(CC(=O)O)NC(=O)OC(C)(C)C. The van der Waals surface area contributed by atoms with Gasteiger partial charge in [-0.25, -0.2) is 4.79 Å². The first-order chi connectivity index (χ1) is 14.1. The number of rotatable bonds is 10. The second-order valence-electron chi connectivity index (χ2n) is 7.62. The molecule has 0 spiro atoms. The van der Waals surface area contributed by atoms with Gasteiger partial charge in [-0.1, -0.05) is 19.9 Å². The van der Waals surface area contributed by atoms with Gasteiger partial charge in [0.2, 0.25) is 0 Å². The van der Waals surface area contributed by atoms with Crippen LogP contribution in [0, 0.1) is 6.92 Å². The van der Waals surface area contributed by atoms with Crippen molar-refractivity contribution in [2.45, 2.75) is 66.0 Å². The summed E-state index contributed by atoms with van der Waals surface area (Å²) in [4.78, 5) is 25.5. The van der Waals surface area contributed by atoms with Gasteiger partial charge in [0.25, 0.3) is 0 Å². The Labute approximate surface area is 190 Å². The van der Waals surface area contributed by atoms with E-state index in [0.717, 1.165) is 16.8 Å². The molecule has 0 aliphatic heterocycles. The zero-order valence-electron chi connectivity index (χ0n) is 18.9. The number of nitrogens with zero attached hydrogens (tertiary/aromatic N) is 1. The molecular formula is C22H36Cl2N2O4. The zero-order valence-corrected chi connectivity index (χ0v) is 20.4. The number of carboxylic acids is 1. The van der Waals surface area contributed by atoms with Crippen LogP contribution in [-0.4, -0.2) is 53.7 Å². The van der Waals surface area contributed by atoms with Crippen molar-refractivity contribution < 1.29 is 19.4 Å². The molecule has 2 N–H and O–H groups in total. The third-order valence-electron chi connectivity index (χ3n) is 4.01. The summed E-state index contributed by atoms with van der Waals surface area (Å²) < 4.78 is 5.26. The van der Waals surface area contributed by atoms with Crippen molar-refractivity contribution >= 4 is 41.0 Å². The number of halogens is 2. The molecule has 1 amide bonds. The zero-order chi connectivity index (χ0) is 23.3. The maximum Gasteiger partial charge on any atom is 0.407 e. The number of hydrogen-bond acceptors (Lipinski definition) is 4. The normalized spacial score (nSPS) is 11.7. The minimum atomic E-state index is -0.985. The number of aryl methyl sites for hydroxylation is 1. The van der Waals surface area contributed by atoms with Gasteiger partial charge < -0.3 is 20.1 Å². The molecule has 1 atom stereocenters. The molecule has 172 valence electrons. The molecule has 1 aromatic rings. The van der Waals surface area contributed by atoms with Crippen LogP contribution >= 0.6 is 23.2 Å². The standard InChI is InChI=1S/C20H30Cl2N2O4.C2H6/c1-14-5-6-17(24(9-7-21)10-8-22)12-15(14)11-16(13-18(25)26)23-19(27)28-20(2,3)4;1-2/h5-6,12,16H,7-11,13H2,1-4H3,(H,23,27)(H,25,26);1-2H3. The molecule has 0 aliphatic carbocycles. The van der Waals surface area contributed by atoms with Crippen molar-refractivity contribution in [3.05, 3.63) is 29.3 Å². The fourth-order valence-corrected chi connectivity index (χ4v) is 3.18. The Balaban J connectivity index is 0.00000407. The van der Waals surface area contributed by atoms with E-state index in [1.807, 2.05) is 39.0 Å². The van der Waals surface area contributed by atoms with E-state index in [1.54, 1.807) is 20.8 Å². The first-order valence-electron chi connectivity index (χ1n) is 10.2. The van der Waals surface area contributed by atoms with E-state index < -0.39 is 23.7 Å². The van der Waals surface area contributed by atoms with Crippen LogP contribution < -0.4 is 10.2 Å². The van der Waals surface area contributed by atoms with Gasteiger partial charge in [0.15, 0.2) is 0 Å². The minimum Gasteiger partial charge on any atom is -0.481 e. The summed E-state index contributed by atoms with van der Waals surface area (Å²) in [5, 5.41) is 11.9. The molecule has 6 nitrogen and oxygen atoms in total. The molecule has 1 unspecified atom stereocenters.